The molecule has 0 saturated heterocycles. The number of hydrogen-bond donors (Lipinski definition) is 1. The van der Waals surface area contributed by atoms with Crippen LogP contribution in [0.4, 0.5) is 5.88 Å². The fourth-order valence-electron chi connectivity index (χ4n) is 1.65. The van der Waals surface area contributed by atoms with Crippen LogP contribution in [0.25, 0.3) is 22.2 Å². The number of aromatic nitrogens is 2. The monoisotopic (exact) mass is 215 g/mol. The van der Waals surface area contributed by atoms with Gasteiger partial charge in [-0.1, -0.05) is 16.4 Å². The Morgan fingerprint density at radius 3 is 2.75 bits per heavy atom. The van der Waals surface area contributed by atoms with Crippen LogP contribution < -0.4 is 5.73 Å². The van der Waals surface area contributed by atoms with Crippen LogP contribution in [0.5, 0.6) is 0 Å². The first-order chi connectivity index (χ1) is 7.74. The fourth-order valence-corrected chi connectivity index (χ4v) is 1.65. The zero-order valence-corrected chi connectivity index (χ0v) is 8.60. The topological polar surface area (TPSA) is 78.1 Å². The zero-order valence-electron chi connectivity index (χ0n) is 8.60. The van der Waals surface area contributed by atoms with Crippen molar-refractivity contribution in [1.82, 2.24) is 10.3 Å². The van der Waals surface area contributed by atoms with Crippen molar-refractivity contribution < 1.29 is 9.05 Å². The molecule has 0 bridgehead atoms. The lowest BCUT2D eigenvalue weighted by molar-refractivity contribution is 0.439. The second-order valence-electron chi connectivity index (χ2n) is 3.59. The number of hydrogen-bond acceptors (Lipinski definition) is 5. The molecule has 0 aliphatic heterocycles. The molecule has 5 heteroatoms. The van der Waals surface area contributed by atoms with Gasteiger partial charge in [0.2, 0.25) is 5.88 Å². The molecule has 0 unspecified atom stereocenters. The molecule has 0 atom stereocenters. The van der Waals surface area contributed by atoms with Crippen LogP contribution in [0.1, 0.15) is 5.69 Å². The van der Waals surface area contributed by atoms with Crippen LogP contribution in [0, 0.1) is 6.92 Å². The van der Waals surface area contributed by atoms with Crippen molar-refractivity contribution in [2.75, 3.05) is 5.73 Å². The van der Waals surface area contributed by atoms with Crippen molar-refractivity contribution in [2.45, 2.75) is 6.92 Å². The van der Waals surface area contributed by atoms with Gasteiger partial charge in [-0.25, -0.2) is 0 Å². The number of nitrogens with two attached hydrogens (primary N) is 1. The number of nitrogens with zero attached hydrogens (tertiary/aromatic N) is 2. The van der Waals surface area contributed by atoms with E-state index in [0.29, 0.717) is 11.6 Å². The van der Waals surface area contributed by atoms with Crippen LogP contribution in [0.3, 0.4) is 0 Å². The maximum Gasteiger partial charge on any atom is 0.222 e. The molecule has 16 heavy (non-hydrogen) atoms. The summed E-state index contributed by atoms with van der Waals surface area (Å²) in [7, 11) is 0. The summed E-state index contributed by atoms with van der Waals surface area (Å²) < 4.78 is 10.00. The van der Waals surface area contributed by atoms with Crippen molar-refractivity contribution in [2.24, 2.45) is 0 Å². The van der Waals surface area contributed by atoms with Crippen molar-refractivity contribution >= 4 is 16.9 Å². The summed E-state index contributed by atoms with van der Waals surface area (Å²) >= 11 is 0. The molecule has 0 radical (unpaired) electrons. The Labute approximate surface area is 90.8 Å². The highest BCUT2D eigenvalue weighted by molar-refractivity contribution is 5.84. The number of fused-ring (bicyclic) bond motifs is 1. The summed E-state index contributed by atoms with van der Waals surface area (Å²) in [6, 6.07) is 7.42. The highest BCUT2D eigenvalue weighted by Gasteiger charge is 2.08. The largest absolute Gasteiger partial charge is 0.368 e. The number of rotatable bonds is 1. The highest BCUT2D eigenvalue weighted by atomic mass is 16.5. The Morgan fingerprint density at radius 2 is 2.00 bits per heavy atom. The predicted octanol–water partition coefficient (Wildman–Crippen LogP) is 2.37. The molecule has 0 spiro atoms. The minimum Gasteiger partial charge on any atom is -0.368 e. The Hall–Kier alpha value is -2.30. The second-order valence-corrected chi connectivity index (χ2v) is 3.59. The van der Waals surface area contributed by atoms with Gasteiger partial charge in [0.1, 0.15) is 5.69 Å². The average Bonchev–Trinajstić information content (AvgIpc) is 2.86. The van der Waals surface area contributed by atoms with Gasteiger partial charge in [-0.2, -0.15) is 0 Å². The molecule has 0 aliphatic rings. The van der Waals surface area contributed by atoms with E-state index in [2.05, 4.69) is 10.3 Å². The lowest BCUT2D eigenvalue weighted by Crippen LogP contribution is -1.78. The number of nitrogen functional groups attached to an aromatic ring is 1. The number of benzene rings is 1. The Bertz CT molecular complexity index is 654. The first-order valence-electron chi connectivity index (χ1n) is 4.82. The van der Waals surface area contributed by atoms with Crippen LogP contribution in [-0.4, -0.2) is 10.3 Å². The summed E-state index contributed by atoms with van der Waals surface area (Å²) in [4.78, 5) is 0. The third-order valence-electron chi connectivity index (χ3n) is 2.48. The number of anilines is 1. The summed E-state index contributed by atoms with van der Waals surface area (Å²) in [5.41, 5.74) is 8.66. The van der Waals surface area contributed by atoms with Crippen molar-refractivity contribution in [1.29, 1.82) is 0 Å². The molecule has 0 saturated carbocycles. The first kappa shape index (κ1) is 8.96. The van der Waals surface area contributed by atoms with Gasteiger partial charge in [0.15, 0.2) is 5.58 Å². The standard InChI is InChI=1S/C11H9N3O2/c1-6-8-3-2-7(4-10(8)15-13-6)9-5-11(12)16-14-9/h2-5H,12H2,1H3. The van der Waals surface area contributed by atoms with E-state index >= 15 is 0 Å². The van der Waals surface area contributed by atoms with Gasteiger partial charge in [-0.05, 0) is 19.1 Å². The summed E-state index contributed by atoms with van der Waals surface area (Å²) in [6.45, 7) is 1.90. The van der Waals surface area contributed by atoms with E-state index in [1.807, 2.05) is 25.1 Å². The molecule has 3 rings (SSSR count). The number of aryl methyl sites for hydroxylation is 1. The van der Waals surface area contributed by atoms with Crippen LogP contribution in [-0.2, 0) is 0 Å². The molecule has 2 N–H and O–H groups in total. The first-order valence-corrected chi connectivity index (χ1v) is 4.82. The van der Waals surface area contributed by atoms with E-state index < -0.39 is 0 Å². The van der Waals surface area contributed by atoms with E-state index in [0.717, 1.165) is 22.2 Å². The third kappa shape index (κ3) is 1.25. The van der Waals surface area contributed by atoms with Crippen molar-refractivity contribution in [3.05, 3.63) is 30.0 Å². The Kier molecular flexibility index (Phi) is 1.73. The fraction of sp³-hybridized carbons (Fsp3) is 0.0909. The molecule has 0 fully saturated rings. The van der Waals surface area contributed by atoms with E-state index in [1.54, 1.807) is 6.07 Å². The molecular formula is C11H9N3O2. The molecule has 0 amide bonds. The van der Waals surface area contributed by atoms with Gasteiger partial charge in [-0.3, -0.25) is 0 Å². The summed E-state index contributed by atoms with van der Waals surface area (Å²) in [5, 5.41) is 8.73. The lowest BCUT2D eigenvalue weighted by atomic mass is 10.1. The maximum atomic E-state index is 5.47. The molecule has 0 aliphatic carbocycles. The predicted molar refractivity (Wildman–Crippen MR) is 58.7 cm³/mol. The molecule has 1 aromatic carbocycles. The van der Waals surface area contributed by atoms with Crippen molar-refractivity contribution in [3.8, 4) is 11.3 Å². The van der Waals surface area contributed by atoms with Crippen molar-refractivity contribution in [3.63, 3.8) is 0 Å². The van der Waals surface area contributed by atoms with Gasteiger partial charge in [0, 0.05) is 17.0 Å². The molecule has 2 heterocycles. The van der Waals surface area contributed by atoms with E-state index in [4.69, 9.17) is 14.8 Å². The SMILES string of the molecule is Cc1noc2cc(-c3cc(N)on3)ccc12. The smallest absolute Gasteiger partial charge is 0.222 e. The van der Waals surface area contributed by atoms with Gasteiger partial charge >= 0.3 is 0 Å². The molecular weight excluding hydrogens is 206 g/mol. The molecule has 3 aromatic rings. The van der Waals surface area contributed by atoms with E-state index in [1.165, 1.54) is 0 Å². The van der Waals surface area contributed by atoms with E-state index in [9.17, 15) is 0 Å². The van der Waals surface area contributed by atoms with Crippen LogP contribution in [0.15, 0.2) is 33.3 Å². The minimum atomic E-state index is 0.295. The summed E-state index contributed by atoms with van der Waals surface area (Å²) in [6.07, 6.45) is 0. The van der Waals surface area contributed by atoms with Gasteiger partial charge in [-0.15, -0.1) is 0 Å². The normalized spacial score (nSPS) is 11.1. The van der Waals surface area contributed by atoms with Crippen LogP contribution >= 0.6 is 0 Å². The highest BCUT2D eigenvalue weighted by Crippen LogP contribution is 2.26. The molecule has 80 valence electrons. The summed E-state index contributed by atoms with van der Waals surface area (Å²) in [5.74, 6) is 0.295. The van der Waals surface area contributed by atoms with Crippen LogP contribution in [0.2, 0.25) is 0 Å². The minimum absolute atomic E-state index is 0.295. The molecule has 5 nitrogen and oxygen atoms in total. The Balaban J connectivity index is 2.18. The van der Waals surface area contributed by atoms with Gasteiger partial charge < -0.3 is 14.8 Å². The lowest BCUT2D eigenvalue weighted by Gasteiger charge is -1.94. The third-order valence-corrected chi connectivity index (χ3v) is 2.48. The van der Waals surface area contributed by atoms with Gasteiger partial charge in [0.25, 0.3) is 0 Å². The quantitative estimate of drug-likeness (QED) is 0.674. The Morgan fingerprint density at radius 1 is 1.12 bits per heavy atom. The zero-order chi connectivity index (χ0) is 11.1. The molecule has 2 aromatic heterocycles. The van der Waals surface area contributed by atoms with Gasteiger partial charge in [0.05, 0.1) is 5.69 Å². The average molecular weight is 215 g/mol. The maximum absolute atomic E-state index is 5.47. The second kappa shape index (κ2) is 3.10. The van der Waals surface area contributed by atoms with E-state index in [-0.39, 0.29) is 0 Å².